The second kappa shape index (κ2) is 11.3. The third kappa shape index (κ3) is 7.28. The molecule has 6 nitrogen and oxygen atoms in total. The van der Waals surface area contributed by atoms with Crippen molar-refractivity contribution in [2.75, 3.05) is 13.6 Å². The van der Waals surface area contributed by atoms with Crippen molar-refractivity contribution in [2.45, 2.75) is 26.8 Å². The molecule has 0 aliphatic carbocycles. The van der Waals surface area contributed by atoms with E-state index in [0.717, 1.165) is 35.3 Å². The highest BCUT2D eigenvalue weighted by atomic mass is 127. The van der Waals surface area contributed by atoms with Crippen LogP contribution in [0.2, 0.25) is 5.02 Å². The summed E-state index contributed by atoms with van der Waals surface area (Å²) in [5.74, 6) is 1.61. The lowest BCUT2D eigenvalue weighted by molar-refractivity contribution is 0.359. The normalized spacial score (nSPS) is 11.7. The fraction of sp³-hybridized carbons (Fsp3) is 0.318. The standard InChI is InChI=1S/C22H27ClN6.HI/c1-22(2,12-17-5-4-6-19(23)11-17)15-28-21(24-3)27-14-18-7-8-20(26-13-18)29-10-9-25-16-29;/h4-11,13,16H,12,14-15H2,1-3H3,(H2,24,27,28);1H. The molecule has 2 heterocycles. The maximum Gasteiger partial charge on any atom is 0.191 e. The van der Waals surface area contributed by atoms with Crippen LogP contribution in [0.4, 0.5) is 0 Å². The van der Waals surface area contributed by atoms with E-state index in [2.05, 4.69) is 45.5 Å². The Morgan fingerprint density at radius 3 is 2.63 bits per heavy atom. The van der Waals surface area contributed by atoms with Gasteiger partial charge in [-0.1, -0.05) is 43.6 Å². The number of aromatic nitrogens is 3. The average Bonchev–Trinajstić information content (AvgIpc) is 3.23. The molecule has 0 aliphatic heterocycles. The predicted molar refractivity (Wildman–Crippen MR) is 134 cm³/mol. The molecule has 0 spiro atoms. The second-order valence-electron chi connectivity index (χ2n) is 7.74. The summed E-state index contributed by atoms with van der Waals surface area (Å²) in [7, 11) is 1.78. The van der Waals surface area contributed by atoms with Crippen LogP contribution in [0, 0.1) is 5.41 Å². The first kappa shape index (κ1) is 24.1. The van der Waals surface area contributed by atoms with Crippen LogP contribution >= 0.6 is 35.6 Å². The minimum absolute atomic E-state index is 0. The maximum atomic E-state index is 6.11. The van der Waals surface area contributed by atoms with E-state index in [1.807, 2.05) is 47.3 Å². The third-order valence-electron chi connectivity index (χ3n) is 4.57. The zero-order chi connectivity index (χ0) is 20.7. The number of hydrogen-bond acceptors (Lipinski definition) is 3. The molecule has 3 aromatic rings. The van der Waals surface area contributed by atoms with Gasteiger partial charge in [0.25, 0.3) is 0 Å². The van der Waals surface area contributed by atoms with Crippen molar-refractivity contribution in [3.8, 4) is 5.82 Å². The lowest BCUT2D eigenvalue weighted by atomic mass is 9.86. The van der Waals surface area contributed by atoms with Gasteiger partial charge in [0.05, 0.1) is 0 Å². The first-order chi connectivity index (χ1) is 13.9. The summed E-state index contributed by atoms with van der Waals surface area (Å²) in [6.45, 7) is 5.89. The summed E-state index contributed by atoms with van der Waals surface area (Å²) >= 11 is 6.11. The van der Waals surface area contributed by atoms with E-state index in [1.54, 1.807) is 19.6 Å². The van der Waals surface area contributed by atoms with Crippen molar-refractivity contribution < 1.29 is 0 Å². The highest BCUT2D eigenvalue weighted by Gasteiger charge is 2.19. The fourth-order valence-electron chi connectivity index (χ4n) is 3.06. The van der Waals surface area contributed by atoms with Gasteiger partial charge in [-0.05, 0) is 41.2 Å². The Hall–Kier alpha value is -2.13. The number of hydrogen-bond donors (Lipinski definition) is 2. The van der Waals surface area contributed by atoms with Crippen molar-refractivity contribution >= 4 is 41.5 Å². The third-order valence-corrected chi connectivity index (χ3v) is 4.80. The van der Waals surface area contributed by atoms with E-state index in [1.165, 1.54) is 5.56 Å². The molecule has 160 valence electrons. The van der Waals surface area contributed by atoms with E-state index in [0.29, 0.717) is 6.54 Å². The number of aliphatic imine (C=N–C) groups is 1. The van der Waals surface area contributed by atoms with E-state index < -0.39 is 0 Å². The molecule has 2 aromatic heterocycles. The first-order valence-corrected chi connectivity index (χ1v) is 9.95. The maximum absolute atomic E-state index is 6.11. The van der Waals surface area contributed by atoms with Crippen molar-refractivity contribution in [2.24, 2.45) is 10.4 Å². The molecule has 8 heteroatoms. The Labute approximate surface area is 200 Å². The second-order valence-corrected chi connectivity index (χ2v) is 8.18. The Bertz CT molecular complexity index is 939. The van der Waals surface area contributed by atoms with E-state index in [-0.39, 0.29) is 29.4 Å². The van der Waals surface area contributed by atoms with Gasteiger partial charge in [-0.25, -0.2) is 9.97 Å². The molecule has 0 bridgehead atoms. The topological polar surface area (TPSA) is 67.1 Å². The van der Waals surface area contributed by atoms with E-state index in [9.17, 15) is 0 Å². The molecule has 0 radical (unpaired) electrons. The van der Waals surface area contributed by atoms with Crippen molar-refractivity contribution in [3.05, 3.63) is 77.5 Å². The van der Waals surface area contributed by atoms with Crippen LogP contribution in [0.15, 0.2) is 66.3 Å². The van der Waals surface area contributed by atoms with Crippen LogP contribution in [0.5, 0.6) is 0 Å². The van der Waals surface area contributed by atoms with Crippen molar-refractivity contribution in [1.82, 2.24) is 25.2 Å². The number of rotatable bonds is 7. The summed E-state index contributed by atoms with van der Waals surface area (Å²) in [5.41, 5.74) is 2.36. The summed E-state index contributed by atoms with van der Waals surface area (Å²) in [4.78, 5) is 12.8. The van der Waals surface area contributed by atoms with Gasteiger partial charge in [-0.2, -0.15) is 0 Å². The predicted octanol–water partition coefficient (Wildman–Crippen LogP) is 4.47. The van der Waals surface area contributed by atoms with Gasteiger partial charge >= 0.3 is 0 Å². The molecule has 2 N–H and O–H groups in total. The number of benzene rings is 1. The number of nitrogens with one attached hydrogen (secondary N) is 2. The number of guanidine groups is 1. The van der Waals surface area contributed by atoms with Gasteiger partial charge < -0.3 is 10.6 Å². The lowest BCUT2D eigenvalue weighted by Crippen LogP contribution is -2.42. The summed E-state index contributed by atoms with van der Waals surface area (Å²) in [5, 5.41) is 7.54. The van der Waals surface area contributed by atoms with Crippen LogP contribution < -0.4 is 10.6 Å². The zero-order valence-corrected chi connectivity index (χ0v) is 20.6. The van der Waals surface area contributed by atoms with Crippen LogP contribution in [0.1, 0.15) is 25.0 Å². The minimum atomic E-state index is 0. The smallest absolute Gasteiger partial charge is 0.191 e. The average molecular weight is 539 g/mol. The quantitative estimate of drug-likeness (QED) is 0.265. The van der Waals surface area contributed by atoms with Crippen LogP contribution in [0.25, 0.3) is 5.82 Å². The molecule has 0 aliphatic rings. The Kier molecular flexibility index (Phi) is 9.10. The molecular weight excluding hydrogens is 511 g/mol. The number of pyridine rings is 1. The van der Waals surface area contributed by atoms with Crippen molar-refractivity contribution in [3.63, 3.8) is 0 Å². The molecular formula is C22H28ClIN6. The zero-order valence-electron chi connectivity index (χ0n) is 17.5. The number of imidazole rings is 1. The monoisotopic (exact) mass is 538 g/mol. The van der Waals surface area contributed by atoms with E-state index >= 15 is 0 Å². The Balaban J connectivity index is 0.00000320. The van der Waals surface area contributed by atoms with Gasteiger partial charge in [0.1, 0.15) is 12.1 Å². The molecule has 1 aromatic carbocycles. The molecule has 30 heavy (non-hydrogen) atoms. The number of halogens is 2. The summed E-state index contributed by atoms with van der Waals surface area (Å²) in [6.07, 6.45) is 8.13. The van der Waals surface area contributed by atoms with Crippen LogP contribution in [-0.4, -0.2) is 34.1 Å². The highest BCUT2D eigenvalue weighted by molar-refractivity contribution is 14.0. The van der Waals surface area contributed by atoms with Crippen molar-refractivity contribution in [1.29, 1.82) is 0 Å². The van der Waals surface area contributed by atoms with Gasteiger partial charge in [0.2, 0.25) is 0 Å². The molecule has 0 atom stereocenters. The Morgan fingerprint density at radius 1 is 1.17 bits per heavy atom. The number of nitrogens with zero attached hydrogens (tertiary/aromatic N) is 4. The first-order valence-electron chi connectivity index (χ1n) is 9.57. The molecule has 0 unspecified atom stereocenters. The molecule has 0 saturated carbocycles. The molecule has 0 fully saturated rings. The Morgan fingerprint density at radius 2 is 2.00 bits per heavy atom. The van der Waals surface area contributed by atoms with Gasteiger partial charge in [0, 0.05) is 43.8 Å². The molecule has 3 rings (SSSR count). The molecule has 0 saturated heterocycles. The summed E-state index contributed by atoms with van der Waals surface area (Å²) < 4.78 is 1.87. The van der Waals surface area contributed by atoms with Crippen LogP contribution in [-0.2, 0) is 13.0 Å². The summed E-state index contributed by atoms with van der Waals surface area (Å²) in [6, 6.07) is 12.1. The highest BCUT2D eigenvalue weighted by Crippen LogP contribution is 2.22. The largest absolute Gasteiger partial charge is 0.356 e. The minimum Gasteiger partial charge on any atom is -0.356 e. The van der Waals surface area contributed by atoms with Gasteiger partial charge in [-0.3, -0.25) is 9.56 Å². The lowest BCUT2D eigenvalue weighted by Gasteiger charge is -2.26. The van der Waals surface area contributed by atoms with Gasteiger partial charge in [0.15, 0.2) is 5.96 Å². The van der Waals surface area contributed by atoms with Crippen LogP contribution in [0.3, 0.4) is 0 Å². The fourth-order valence-corrected chi connectivity index (χ4v) is 3.27. The SMILES string of the molecule is CN=C(NCc1ccc(-n2ccnc2)nc1)NCC(C)(C)Cc1cccc(Cl)c1.I. The van der Waals surface area contributed by atoms with E-state index in [4.69, 9.17) is 11.6 Å². The van der Waals surface area contributed by atoms with Gasteiger partial charge in [-0.15, -0.1) is 24.0 Å². The molecule has 0 amide bonds.